The molecule has 0 spiro atoms. The molecule has 1 aromatic carbocycles. The number of sulfonamides is 1. The number of nitrogens with two attached hydrogens (primary N) is 1. The van der Waals surface area contributed by atoms with Crippen LogP contribution < -0.4 is 10.5 Å². The Bertz CT molecular complexity index is 664. The number of hydrogen-bond donors (Lipinski definition) is 2. The van der Waals surface area contributed by atoms with Crippen molar-refractivity contribution in [3.8, 4) is 0 Å². The number of hydrogen-bond acceptors (Lipinski definition) is 5. The van der Waals surface area contributed by atoms with E-state index in [9.17, 15) is 8.42 Å². The Hall–Kier alpha value is -1.70. The molecule has 1 heterocycles. The Labute approximate surface area is 111 Å². The third-order valence-electron chi connectivity index (χ3n) is 2.60. The maximum Gasteiger partial charge on any atom is 0.241 e. The standard InChI is InChI=1S/C12H15N3O3S/c1-9-6-11(18-15-9)8-14-19(16,17)12-5-3-2-4-10(12)7-13/h2-6,14H,7-8,13H2,1H3. The SMILES string of the molecule is Cc1cc(CNS(=O)(=O)c2ccccc2CN)on1. The van der Waals surface area contributed by atoms with Gasteiger partial charge < -0.3 is 10.3 Å². The van der Waals surface area contributed by atoms with Gasteiger partial charge in [0.15, 0.2) is 5.76 Å². The quantitative estimate of drug-likeness (QED) is 0.849. The van der Waals surface area contributed by atoms with E-state index in [2.05, 4.69) is 9.88 Å². The number of nitrogens with zero attached hydrogens (tertiary/aromatic N) is 1. The van der Waals surface area contributed by atoms with Crippen LogP contribution >= 0.6 is 0 Å². The number of nitrogens with one attached hydrogen (secondary N) is 1. The van der Waals surface area contributed by atoms with Crippen LogP contribution in [0.4, 0.5) is 0 Å². The molecule has 0 aliphatic carbocycles. The molecule has 0 saturated carbocycles. The maximum absolute atomic E-state index is 12.2. The molecular formula is C12H15N3O3S. The van der Waals surface area contributed by atoms with E-state index < -0.39 is 10.0 Å². The van der Waals surface area contributed by atoms with Crippen LogP contribution in [0.25, 0.3) is 0 Å². The first-order chi connectivity index (χ1) is 9.03. The Morgan fingerprint density at radius 2 is 2.11 bits per heavy atom. The highest BCUT2D eigenvalue weighted by Gasteiger charge is 2.17. The molecule has 19 heavy (non-hydrogen) atoms. The summed E-state index contributed by atoms with van der Waals surface area (Å²) in [6.45, 7) is 1.99. The molecule has 0 aliphatic rings. The van der Waals surface area contributed by atoms with Crippen LogP contribution in [0.1, 0.15) is 17.0 Å². The number of aromatic nitrogens is 1. The molecule has 3 N–H and O–H groups in total. The summed E-state index contributed by atoms with van der Waals surface area (Å²) in [4.78, 5) is 0.189. The van der Waals surface area contributed by atoms with Gasteiger partial charge in [-0.3, -0.25) is 0 Å². The minimum atomic E-state index is -3.61. The lowest BCUT2D eigenvalue weighted by Crippen LogP contribution is -2.24. The Kier molecular flexibility index (Phi) is 3.98. The molecule has 0 unspecified atom stereocenters. The summed E-state index contributed by atoms with van der Waals surface area (Å²) in [6, 6.07) is 8.30. The molecule has 0 atom stereocenters. The third kappa shape index (κ3) is 3.19. The molecule has 1 aromatic heterocycles. The highest BCUT2D eigenvalue weighted by atomic mass is 32.2. The van der Waals surface area contributed by atoms with Gasteiger partial charge in [0.25, 0.3) is 0 Å². The first-order valence-electron chi connectivity index (χ1n) is 5.73. The van der Waals surface area contributed by atoms with Crippen molar-refractivity contribution < 1.29 is 12.9 Å². The minimum Gasteiger partial charge on any atom is -0.360 e. The second kappa shape index (κ2) is 5.52. The van der Waals surface area contributed by atoms with Crippen LogP contribution in [-0.4, -0.2) is 13.6 Å². The van der Waals surface area contributed by atoms with Crippen LogP contribution in [0.15, 0.2) is 39.8 Å². The topological polar surface area (TPSA) is 98.2 Å². The van der Waals surface area contributed by atoms with Gasteiger partial charge >= 0.3 is 0 Å². The Morgan fingerprint density at radius 3 is 2.74 bits per heavy atom. The molecule has 0 fully saturated rings. The molecule has 0 bridgehead atoms. The van der Waals surface area contributed by atoms with E-state index in [0.717, 1.165) is 0 Å². The monoisotopic (exact) mass is 281 g/mol. The molecule has 6 nitrogen and oxygen atoms in total. The fourth-order valence-corrected chi connectivity index (χ4v) is 2.92. The van der Waals surface area contributed by atoms with Gasteiger partial charge in [-0.05, 0) is 18.6 Å². The lowest BCUT2D eigenvalue weighted by Gasteiger charge is -2.09. The van der Waals surface area contributed by atoms with E-state index in [4.69, 9.17) is 10.3 Å². The smallest absolute Gasteiger partial charge is 0.241 e. The van der Waals surface area contributed by atoms with Crippen molar-refractivity contribution in [2.75, 3.05) is 0 Å². The lowest BCUT2D eigenvalue weighted by molar-refractivity contribution is 0.377. The van der Waals surface area contributed by atoms with Crippen molar-refractivity contribution in [3.63, 3.8) is 0 Å². The van der Waals surface area contributed by atoms with Crippen molar-refractivity contribution in [3.05, 3.63) is 47.3 Å². The molecule has 7 heteroatoms. The van der Waals surface area contributed by atoms with E-state index >= 15 is 0 Å². The van der Waals surface area contributed by atoms with Gasteiger partial charge in [-0.15, -0.1) is 0 Å². The predicted octanol–water partition coefficient (Wildman–Crippen LogP) is 0.920. The largest absolute Gasteiger partial charge is 0.360 e. The second-order valence-electron chi connectivity index (χ2n) is 4.07. The predicted molar refractivity (Wildman–Crippen MR) is 69.6 cm³/mol. The van der Waals surface area contributed by atoms with Crippen molar-refractivity contribution in [2.45, 2.75) is 24.9 Å². The van der Waals surface area contributed by atoms with Crippen molar-refractivity contribution in [2.24, 2.45) is 5.73 Å². The number of benzene rings is 1. The van der Waals surface area contributed by atoms with Crippen LogP contribution in [0.2, 0.25) is 0 Å². The summed E-state index contributed by atoms with van der Waals surface area (Å²) in [5.74, 6) is 0.464. The summed E-state index contributed by atoms with van der Waals surface area (Å²) >= 11 is 0. The zero-order chi connectivity index (χ0) is 13.9. The molecule has 0 radical (unpaired) electrons. The molecule has 0 aliphatic heterocycles. The van der Waals surface area contributed by atoms with Gasteiger partial charge in [-0.2, -0.15) is 0 Å². The molecule has 2 aromatic rings. The number of aryl methyl sites for hydroxylation is 1. The van der Waals surface area contributed by atoms with Crippen LogP contribution in [0.5, 0.6) is 0 Å². The highest BCUT2D eigenvalue weighted by Crippen LogP contribution is 2.15. The van der Waals surface area contributed by atoms with Gasteiger partial charge in [-0.25, -0.2) is 13.1 Å². The molecule has 2 rings (SSSR count). The fourth-order valence-electron chi connectivity index (χ4n) is 1.68. The summed E-state index contributed by atoms with van der Waals surface area (Å²) in [7, 11) is -3.61. The molecule has 0 saturated heterocycles. The Morgan fingerprint density at radius 1 is 1.37 bits per heavy atom. The lowest BCUT2D eigenvalue weighted by atomic mass is 10.2. The normalized spacial score (nSPS) is 11.7. The van der Waals surface area contributed by atoms with Gasteiger partial charge in [0.1, 0.15) is 0 Å². The van der Waals surface area contributed by atoms with Gasteiger partial charge in [0, 0.05) is 12.6 Å². The van der Waals surface area contributed by atoms with Crippen LogP contribution in [0.3, 0.4) is 0 Å². The van der Waals surface area contributed by atoms with Gasteiger partial charge in [0.05, 0.1) is 17.1 Å². The maximum atomic E-state index is 12.2. The third-order valence-corrected chi connectivity index (χ3v) is 4.10. The van der Waals surface area contributed by atoms with Gasteiger partial charge in [-0.1, -0.05) is 23.4 Å². The van der Waals surface area contributed by atoms with E-state index in [1.165, 1.54) is 6.07 Å². The zero-order valence-electron chi connectivity index (χ0n) is 10.5. The van der Waals surface area contributed by atoms with Crippen molar-refractivity contribution >= 4 is 10.0 Å². The van der Waals surface area contributed by atoms with Crippen LogP contribution in [-0.2, 0) is 23.1 Å². The average molecular weight is 281 g/mol. The summed E-state index contributed by atoms with van der Waals surface area (Å²) < 4.78 is 31.7. The summed E-state index contributed by atoms with van der Waals surface area (Å²) in [5, 5.41) is 3.69. The van der Waals surface area contributed by atoms with Gasteiger partial charge in [0.2, 0.25) is 10.0 Å². The average Bonchev–Trinajstić information content (AvgIpc) is 2.82. The second-order valence-corrected chi connectivity index (χ2v) is 5.81. The van der Waals surface area contributed by atoms with Crippen LogP contribution in [0, 0.1) is 6.92 Å². The van der Waals surface area contributed by atoms with E-state index in [1.807, 2.05) is 0 Å². The zero-order valence-corrected chi connectivity index (χ0v) is 11.3. The number of rotatable bonds is 5. The van der Waals surface area contributed by atoms with Crippen molar-refractivity contribution in [1.82, 2.24) is 9.88 Å². The highest BCUT2D eigenvalue weighted by molar-refractivity contribution is 7.89. The first-order valence-corrected chi connectivity index (χ1v) is 7.21. The minimum absolute atomic E-state index is 0.0576. The van der Waals surface area contributed by atoms with E-state index in [1.54, 1.807) is 31.2 Å². The molecular weight excluding hydrogens is 266 g/mol. The first kappa shape index (κ1) is 13.7. The molecule has 102 valence electrons. The van der Waals surface area contributed by atoms with E-state index in [0.29, 0.717) is 17.0 Å². The van der Waals surface area contributed by atoms with E-state index in [-0.39, 0.29) is 18.0 Å². The Balaban J connectivity index is 2.18. The fraction of sp³-hybridized carbons (Fsp3) is 0.250. The summed E-state index contributed by atoms with van der Waals surface area (Å²) in [5.41, 5.74) is 6.82. The summed E-state index contributed by atoms with van der Waals surface area (Å²) in [6.07, 6.45) is 0. The molecule has 0 amide bonds. The van der Waals surface area contributed by atoms with Crippen molar-refractivity contribution in [1.29, 1.82) is 0 Å².